The van der Waals surface area contributed by atoms with Gasteiger partial charge in [0.05, 0.1) is 0 Å². The minimum atomic E-state index is -0.181. The average molecular weight is 169 g/mol. The van der Waals surface area contributed by atoms with E-state index < -0.39 is 0 Å². The summed E-state index contributed by atoms with van der Waals surface area (Å²) in [5.41, 5.74) is 0.481. The van der Waals surface area contributed by atoms with Crippen LogP contribution in [0.25, 0.3) is 0 Å². The molecule has 0 aromatic rings. The normalized spacial score (nSPS) is 14.8. The number of rotatable bonds is 2. The van der Waals surface area contributed by atoms with E-state index in [0.29, 0.717) is 5.57 Å². The summed E-state index contributed by atoms with van der Waals surface area (Å²) in [5.74, 6) is -0.164. The highest BCUT2D eigenvalue weighted by Crippen LogP contribution is 2.29. The van der Waals surface area contributed by atoms with E-state index in [9.17, 15) is 4.39 Å². The van der Waals surface area contributed by atoms with Gasteiger partial charge < -0.3 is 0 Å². The Balaban J connectivity index is 4.84. The van der Waals surface area contributed by atoms with Crippen molar-refractivity contribution in [2.75, 3.05) is 0 Å². The van der Waals surface area contributed by atoms with Gasteiger partial charge in [-0.2, -0.15) is 0 Å². The van der Waals surface area contributed by atoms with Gasteiger partial charge in [0.2, 0.25) is 0 Å². The lowest BCUT2D eigenvalue weighted by Gasteiger charge is -2.20. The second-order valence-electron chi connectivity index (χ2n) is 3.70. The topological polar surface area (TPSA) is 12.4 Å². The van der Waals surface area contributed by atoms with E-state index in [1.807, 2.05) is 20.8 Å². The van der Waals surface area contributed by atoms with Gasteiger partial charge in [0, 0.05) is 6.20 Å². The van der Waals surface area contributed by atoms with Crippen LogP contribution in [-0.2, 0) is 0 Å². The first-order valence-electron chi connectivity index (χ1n) is 3.89. The standard InChI is InChI=1S/C10H16FN/c1-8(11)9(6-7-12-5)10(2,3)4/h6-7H,5H2,1-4H3/b7-6-,9-8-. The molecule has 0 saturated heterocycles. The molecule has 0 saturated carbocycles. The van der Waals surface area contributed by atoms with Crippen LogP contribution in [-0.4, -0.2) is 6.72 Å². The quantitative estimate of drug-likeness (QED) is 0.443. The molecule has 0 aromatic heterocycles. The molecule has 0 aliphatic rings. The summed E-state index contributed by atoms with van der Waals surface area (Å²) in [6.07, 6.45) is 3.16. The van der Waals surface area contributed by atoms with Crippen LogP contribution in [0.4, 0.5) is 4.39 Å². The Kier molecular flexibility index (Phi) is 3.87. The molecule has 0 heterocycles. The molecule has 0 amide bonds. The molecule has 1 nitrogen and oxygen atoms in total. The SMILES string of the molecule is C=N/C=C\C(=C(/C)F)C(C)(C)C. The second-order valence-corrected chi connectivity index (χ2v) is 3.70. The summed E-state index contributed by atoms with van der Waals surface area (Å²) < 4.78 is 13.0. The summed E-state index contributed by atoms with van der Waals surface area (Å²) in [6.45, 7) is 10.6. The molecular formula is C10H16FN. The molecule has 0 N–H and O–H groups in total. The zero-order valence-electron chi connectivity index (χ0n) is 8.19. The van der Waals surface area contributed by atoms with E-state index in [1.165, 1.54) is 13.1 Å². The molecule has 0 aromatic carbocycles. The summed E-state index contributed by atoms with van der Waals surface area (Å²) >= 11 is 0. The van der Waals surface area contributed by atoms with E-state index in [2.05, 4.69) is 11.7 Å². The predicted octanol–water partition coefficient (Wildman–Crippen LogP) is 3.49. The monoisotopic (exact) mass is 169 g/mol. The first kappa shape index (κ1) is 11.1. The van der Waals surface area contributed by atoms with Crippen LogP contribution in [0.5, 0.6) is 0 Å². The Hall–Kier alpha value is -0.920. The lowest BCUT2D eigenvalue weighted by molar-refractivity contribution is 0.484. The van der Waals surface area contributed by atoms with Crippen molar-refractivity contribution in [2.24, 2.45) is 10.4 Å². The molecule has 68 valence electrons. The minimum Gasteiger partial charge on any atom is -0.273 e. The molecule has 2 heteroatoms. The van der Waals surface area contributed by atoms with Gasteiger partial charge in [0.15, 0.2) is 0 Å². The first-order chi connectivity index (χ1) is 5.39. The van der Waals surface area contributed by atoms with Crippen molar-refractivity contribution in [3.05, 3.63) is 23.7 Å². The molecule has 0 radical (unpaired) electrons. The lowest BCUT2D eigenvalue weighted by atomic mass is 9.86. The Labute approximate surface area is 73.7 Å². The van der Waals surface area contributed by atoms with Crippen molar-refractivity contribution in [2.45, 2.75) is 27.7 Å². The number of hydrogen-bond acceptors (Lipinski definition) is 1. The fourth-order valence-corrected chi connectivity index (χ4v) is 1.01. The highest BCUT2D eigenvalue weighted by molar-refractivity contribution is 5.30. The summed E-state index contributed by atoms with van der Waals surface area (Å²) in [7, 11) is 0. The van der Waals surface area contributed by atoms with E-state index in [0.717, 1.165) is 0 Å². The third kappa shape index (κ3) is 3.46. The predicted molar refractivity (Wildman–Crippen MR) is 52.0 cm³/mol. The number of nitrogens with zero attached hydrogens (tertiary/aromatic N) is 1. The zero-order chi connectivity index (χ0) is 9.78. The van der Waals surface area contributed by atoms with Crippen LogP contribution < -0.4 is 0 Å². The van der Waals surface area contributed by atoms with Crippen LogP contribution >= 0.6 is 0 Å². The van der Waals surface area contributed by atoms with Crippen molar-refractivity contribution in [1.82, 2.24) is 0 Å². The summed E-state index contributed by atoms with van der Waals surface area (Å²) in [4.78, 5) is 3.54. The molecule has 0 atom stereocenters. The third-order valence-electron chi connectivity index (χ3n) is 1.53. The van der Waals surface area contributed by atoms with Crippen LogP contribution in [0.1, 0.15) is 27.7 Å². The molecule has 0 spiro atoms. The van der Waals surface area contributed by atoms with Crippen molar-refractivity contribution in [3.8, 4) is 0 Å². The Morgan fingerprint density at radius 3 is 2.17 bits per heavy atom. The highest BCUT2D eigenvalue weighted by Gasteiger charge is 2.17. The minimum absolute atomic E-state index is 0.164. The van der Waals surface area contributed by atoms with Crippen LogP contribution in [0.2, 0.25) is 0 Å². The highest BCUT2D eigenvalue weighted by atomic mass is 19.1. The van der Waals surface area contributed by atoms with E-state index >= 15 is 0 Å². The number of hydrogen-bond donors (Lipinski definition) is 0. The van der Waals surface area contributed by atoms with Crippen molar-refractivity contribution in [1.29, 1.82) is 0 Å². The molecule has 12 heavy (non-hydrogen) atoms. The second kappa shape index (κ2) is 4.19. The molecule has 0 rings (SSSR count). The van der Waals surface area contributed by atoms with Gasteiger partial charge in [0.1, 0.15) is 5.83 Å². The molecular weight excluding hydrogens is 153 g/mol. The summed E-state index contributed by atoms with van der Waals surface area (Å²) in [6, 6.07) is 0. The van der Waals surface area contributed by atoms with Gasteiger partial charge in [-0.25, -0.2) is 4.39 Å². The van der Waals surface area contributed by atoms with E-state index in [-0.39, 0.29) is 11.2 Å². The van der Waals surface area contributed by atoms with Gasteiger partial charge in [0.25, 0.3) is 0 Å². The van der Waals surface area contributed by atoms with Gasteiger partial charge in [-0.05, 0) is 30.7 Å². The van der Waals surface area contributed by atoms with Gasteiger partial charge in [-0.1, -0.05) is 20.8 Å². The average Bonchev–Trinajstić information content (AvgIpc) is 1.84. The molecule has 0 bridgehead atoms. The Morgan fingerprint density at radius 2 is 1.92 bits per heavy atom. The maximum atomic E-state index is 13.0. The van der Waals surface area contributed by atoms with Gasteiger partial charge in [-0.3, -0.25) is 4.99 Å². The molecule has 0 fully saturated rings. The Morgan fingerprint density at radius 1 is 1.42 bits per heavy atom. The van der Waals surface area contributed by atoms with E-state index in [4.69, 9.17) is 0 Å². The maximum Gasteiger partial charge on any atom is 0.101 e. The van der Waals surface area contributed by atoms with Crippen LogP contribution in [0, 0.1) is 5.41 Å². The van der Waals surface area contributed by atoms with E-state index in [1.54, 1.807) is 6.08 Å². The fourth-order valence-electron chi connectivity index (χ4n) is 1.01. The lowest BCUT2D eigenvalue weighted by Crippen LogP contribution is -2.08. The summed E-state index contributed by atoms with van der Waals surface area (Å²) in [5, 5.41) is 0. The van der Waals surface area contributed by atoms with Crippen LogP contribution in [0.3, 0.4) is 0 Å². The fraction of sp³-hybridized carbons (Fsp3) is 0.500. The van der Waals surface area contributed by atoms with Crippen molar-refractivity contribution >= 4 is 6.72 Å². The third-order valence-corrected chi connectivity index (χ3v) is 1.53. The molecule has 0 aliphatic carbocycles. The Bertz CT molecular complexity index is 214. The van der Waals surface area contributed by atoms with Gasteiger partial charge >= 0.3 is 0 Å². The molecule has 0 aliphatic heterocycles. The number of allylic oxidation sites excluding steroid dienone is 3. The largest absolute Gasteiger partial charge is 0.273 e. The van der Waals surface area contributed by atoms with Gasteiger partial charge in [-0.15, -0.1) is 0 Å². The van der Waals surface area contributed by atoms with Crippen molar-refractivity contribution < 1.29 is 4.39 Å². The van der Waals surface area contributed by atoms with Crippen LogP contribution in [0.15, 0.2) is 28.7 Å². The first-order valence-corrected chi connectivity index (χ1v) is 3.89. The molecule has 0 unspecified atom stereocenters. The smallest absolute Gasteiger partial charge is 0.101 e. The zero-order valence-corrected chi connectivity index (χ0v) is 8.19. The number of halogens is 1. The maximum absolute atomic E-state index is 13.0. The number of aliphatic imine (C=N–C) groups is 1. The van der Waals surface area contributed by atoms with Crippen molar-refractivity contribution in [3.63, 3.8) is 0 Å².